The number of benzene rings is 2. The van der Waals surface area contributed by atoms with Gasteiger partial charge < -0.3 is 5.32 Å². The van der Waals surface area contributed by atoms with E-state index in [2.05, 4.69) is 55.6 Å². The van der Waals surface area contributed by atoms with Crippen LogP contribution < -0.4 is 5.32 Å². The van der Waals surface area contributed by atoms with Gasteiger partial charge >= 0.3 is 0 Å². The molecule has 0 saturated heterocycles. The molecule has 2 aliphatic rings. The molecular formula is C21H22FN. The number of hydrogen-bond acceptors (Lipinski definition) is 1. The van der Waals surface area contributed by atoms with Crippen LogP contribution in [-0.2, 0) is 0 Å². The van der Waals surface area contributed by atoms with Gasteiger partial charge in [0.05, 0.1) is 6.04 Å². The van der Waals surface area contributed by atoms with Crippen LogP contribution in [0.4, 0.5) is 10.1 Å². The Hall–Kier alpha value is -2.09. The average molecular weight is 307 g/mol. The molecule has 1 aliphatic heterocycles. The molecule has 2 aromatic carbocycles. The van der Waals surface area contributed by atoms with Gasteiger partial charge in [0.25, 0.3) is 0 Å². The van der Waals surface area contributed by atoms with Gasteiger partial charge in [0.15, 0.2) is 0 Å². The summed E-state index contributed by atoms with van der Waals surface area (Å²) in [6.45, 7) is 4.44. The summed E-state index contributed by atoms with van der Waals surface area (Å²) in [7, 11) is 0. The Morgan fingerprint density at radius 3 is 2.61 bits per heavy atom. The number of allylic oxidation sites excluding steroid dienone is 2. The third-order valence-electron chi connectivity index (χ3n) is 5.29. The minimum atomic E-state index is -0.149. The maximum atomic E-state index is 13.6. The zero-order valence-electron chi connectivity index (χ0n) is 13.6. The van der Waals surface area contributed by atoms with Gasteiger partial charge in [-0.2, -0.15) is 0 Å². The Labute approximate surface area is 137 Å². The highest BCUT2D eigenvalue weighted by molar-refractivity contribution is 5.59. The van der Waals surface area contributed by atoms with Crippen LogP contribution in [0.15, 0.2) is 54.6 Å². The molecule has 0 amide bonds. The molecule has 3 atom stereocenters. The first-order valence-corrected chi connectivity index (χ1v) is 8.46. The van der Waals surface area contributed by atoms with Crippen LogP contribution in [0.5, 0.6) is 0 Å². The third kappa shape index (κ3) is 2.46. The molecule has 0 bridgehead atoms. The van der Waals surface area contributed by atoms with Crippen molar-refractivity contribution in [2.45, 2.75) is 38.1 Å². The van der Waals surface area contributed by atoms with Gasteiger partial charge in [-0.25, -0.2) is 4.39 Å². The highest BCUT2D eigenvalue weighted by Crippen LogP contribution is 2.49. The lowest BCUT2D eigenvalue weighted by Gasteiger charge is -2.37. The first-order chi connectivity index (χ1) is 11.1. The molecule has 0 radical (unpaired) electrons. The molecule has 0 aromatic heterocycles. The van der Waals surface area contributed by atoms with E-state index >= 15 is 0 Å². The van der Waals surface area contributed by atoms with Crippen LogP contribution >= 0.6 is 0 Å². The summed E-state index contributed by atoms with van der Waals surface area (Å²) in [5, 5.41) is 3.65. The van der Waals surface area contributed by atoms with Crippen LogP contribution in [0.3, 0.4) is 0 Å². The normalized spacial score (nSPS) is 25.1. The molecule has 0 unspecified atom stereocenters. The first kappa shape index (κ1) is 14.5. The van der Waals surface area contributed by atoms with Crippen molar-refractivity contribution in [3.05, 3.63) is 77.1 Å². The quantitative estimate of drug-likeness (QED) is 0.694. The summed E-state index contributed by atoms with van der Waals surface area (Å²) in [6, 6.07) is 14.4. The minimum absolute atomic E-state index is 0.149. The van der Waals surface area contributed by atoms with E-state index in [1.165, 1.54) is 11.1 Å². The molecule has 1 heterocycles. The van der Waals surface area contributed by atoms with Crippen molar-refractivity contribution in [2.75, 3.05) is 5.32 Å². The molecule has 0 fully saturated rings. The second kappa shape index (κ2) is 5.52. The summed E-state index contributed by atoms with van der Waals surface area (Å²) < 4.78 is 13.6. The molecule has 118 valence electrons. The fourth-order valence-corrected chi connectivity index (χ4v) is 3.98. The van der Waals surface area contributed by atoms with E-state index < -0.39 is 0 Å². The van der Waals surface area contributed by atoms with Crippen molar-refractivity contribution in [2.24, 2.45) is 5.92 Å². The van der Waals surface area contributed by atoms with Gasteiger partial charge in [0, 0.05) is 11.6 Å². The van der Waals surface area contributed by atoms with Crippen molar-refractivity contribution in [1.82, 2.24) is 0 Å². The van der Waals surface area contributed by atoms with Gasteiger partial charge in [-0.05, 0) is 53.1 Å². The van der Waals surface area contributed by atoms with Crippen LogP contribution in [0, 0.1) is 11.7 Å². The van der Waals surface area contributed by atoms with E-state index in [9.17, 15) is 4.39 Å². The average Bonchev–Trinajstić information content (AvgIpc) is 3.04. The van der Waals surface area contributed by atoms with E-state index in [4.69, 9.17) is 0 Å². The van der Waals surface area contributed by atoms with Gasteiger partial charge in [-0.1, -0.05) is 50.3 Å². The number of hydrogen-bond donors (Lipinski definition) is 1. The monoisotopic (exact) mass is 307 g/mol. The van der Waals surface area contributed by atoms with Crippen molar-refractivity contribution in [3.8, 4) is 0 Å². The van der Waals surface area contributed by atoms with Crippen LogP contribution in [0.25, 0.3) is 0 Å². The number of halogens is 1. The fourth-order valence-electron chi connectivity index (χ4n) is 3.98. The minimum Gasteiger partial charge on any atom is -0.378 e. The zero-order valence-corrected chi connectivity index (χ0v) is 13.6. The Morgan fingerprint density at radius 1 is 1.09 bits per heavy atom. The SMILES string of the molecule is CC(C)c1ccc([C@@H]2Nc3ccc(F)cc3[C@@H]3C=CC[C@H]32)cc1. The van der Waals surface area contributed by atoms with E-state index in [1.54, 1.807) is 12.1 Å². The molecule has 2 aromatic rings. The van der Waals surface area contributed by atoms with Crippen molar-refractivity contribution in [3.63, 3.8) is 0 Å². The molecule has 2 heteroatoms. The van der Waals surface area contributed by atoms with Gasteiger partial charge in [-0.15, -0.1) is 0 Å². The second-order valence-electron chi connectivity index (χ2n) is 7.03. The summed E-state index contributed by atoms with van der Waals surface area (Å²) in [6.07, 6.45) is 5.54. The fraction of sp³-hybridized carbons (Fsp3) is 0.333. The lowest BCUT2D eigenvalue weighted by molar-refractivity contribution is 0.424. The lowest BCUT2D eigenvalue weighted by Crippen LogP contribution is -2.29. The topological polar surface area (TPSA) is 12.0 Å². The van der Waals surface area contributed by atoms with E-state index in [0.717, 1.165) is 17.7 Å². The Morgan fingerprint density at radius 2 is 1.87 bits per heavy atom. The highest BCUT2D eigenvalue weighted by Gasteiger charge is 2.37. The van der Waals surface area contributed by atoms with Gasteiger partial charge in [0.1, 0.15) is 5.82 Å². The predicted octanol–water partition coefficient (Wildman–Crippen LogP) is 5.78. The van der Waals surface area contributed by atoms with Crippen molar-refractivity contribution >= 4 is 5.69 Å². The maximum Gasteiger partial charge on any atom is 0.123 e. The maximum absolute atomic E-state index is 13.6. The van der Waals surface area contributed by atoms with Gasteiger partial charge in [0.2, 0.25) is 0 Å². The molecular weight excluding hydrogens is 285 g/mol. The van der Waals surface area contributed by atoms with Crippen LogP contribution in [0.1, 0.15) is 54.8 Å². The Balaban J connectivity index is 1.71. The molecule has 0 saturated carbocycles. The third-order valence-corrected chi connectivity index (χ3v) is 5.29. The van der Waals surface area contributed by atoms with Crippen molar-refractivity contribution in [1.29, 1.82) is 0 Å². The molecule has 4 rings (SSSR count). The first-order valence-electron chi connectivity index (χ1n) is 8.46. The molecule has 1 aliphatic carbocycles. The molecule has 1 nitrogen and oxygen atoms in total. The highest BCUT2D eigenvalue weighted by atomic mass is 19.1. The smallest absolute Gasteiger partial charge is 0.123 e. The standard InChI is InChI=1S/C21H22FN/c1-13(2)14-6-8-15(9-7-14)21-18-5-3-4-17(18)19-12-16(22)10-11-20(19)23-21/h3-4,6-13,17-18,21,23H,5H2,1-2H3/t17-,18-,21+/m1/s1. The second-order valence-corrected chi connectivity index (χ2v) is 7.03. The van der Waals surface area contributed by atoms with E-state index in [0.29, 0.717) is 17.8 Å². The van der Waals surface area contributed by atoms with Crippen LogP contribution in [-0.4, -0.2) is 0 Å². The number of rotatable bonds is 2. The van der Waals surface area contributed by atoms with E-state index in [-0.39, 0.29) is 11.9 Å². The van der Waals surface area contributed by atoms with Crippen molar-refractivity contribution < 1.29 is 4.39 Å². The van der Waals surface area contributed by atoms with E-state index in [1.807, 2.05) is 6.07 Å². The van der Waals surface area contributed by atoms with Gasteiger partial charge in [-0.3, -0.25) is 0 Å². The summed E-state index contributed by atoms with van der Waals surface area (Å²) in [4.78, 5) is 0. The number of nitrogens with one attached hydrogen (secondary N) is 1. The zero-order chi connectivity index (χ0) is 16.0. The summed E-state index contributed by atoms with van der Waals surface area (Å²) >= 11 is 0. The molecule has 0 spiro atoms. The Bertz CT molecular complexity index is 745. The lowest BCUT2D eigenvalue weighted by atomic mass is 9.77. The predicted molar refractivity (Wildman–Crippen MR) is 93.3 cm³/mol. The number of anilines is 1. The summed E-state index contributed by atoms with van der Waals surface area (Å²) in [5.41, 5.74) is 4.85. The molecule has 1 N–H and O–H groups in total. The van der Waals surface area contributed by atoms with Crippen LogP contribution in [0.2, 0.25) is 0 Å². The largest absolute Gasteiger partial charge is 0.378 e. The Kier molecular flexibility index (Phi) is 3.48. The summed E-state index contributed by atoms with van der Waals surface area (Å²) in [5.74, 6) is 1.18. The number of fused-ring (bicyclic) bond motifs is 3. The molecule has 23 heavy (non-hydrogen) atoms.